The van der Waals surface area contributed by atoms with Crippen LogP contribution in [0.15, 0.2) is 23.1 Å². The largest absolute Gasteiger partial charge is 0.355 e. The van der Waals surface area contributed by atoms with Crippen LogP contribution in [-0.2, 0) is 0 Å². The highest BCUT2D eigenvalue weighted by Gasteiger charge is 2.37. The lowest BCUT2D eigenvalue weighted by Crippen LogP contribution is -2.50. The summed E-state index contributed by atoms with van der Waals surface area (Å²) in [6.45, 7) is 9.02. The van der Waals surface area contributed by atoms with Crippen molar-refractivity contribution < 1.29 is 4.79 Å². The number of hydrogen-bond donors (Lipinski definition) is 2. The monoisotopic (exact) mass is 389 g/mol. The lowest BCUT2D eigenvalue weighted by atomic mass is 9.72. The molecule has 1 aliphatic rings. The smallest absolute Gasteiger partial charge is 0.263 e. The van der Waals surface area contributed by atoms with Crippen molar-refractivity contribution in [2.24, 2.45) is 17.1 Å². The van der Waals surface area contributed by atoms with E-state index in [1.165, 1.54) is 25.7 Å². The van der Waals surface area contributed by atoms with Crippen LogP contribution in [0.3, 0.4) is 0 Å². The van der Waals surface area contributed by atoms with Gasteiger partial charge in [0.15, 0.2) is 0 Å². The molecule has 28 heavy (non-hydrogen) atoms. The van der Waals surface area contributed by atoms with E-state index in [9.17, 15) is 9.59 Å². The van der Waals surface area contributed by atoms with Crippen LogP contribution in [0.4, 0.5) is 0 Å². The molecule has 3 atom stereocenters. The number of nitrogens with two attached hydrogens (primary N) is 1. The van der Waals surface area contributed by atoms with E-state index in [0.29, 0.717) is 11.3 Å². The number of carbonyl (C=O) groups is 1. The predicted octanol–water partition coefficient (Wildman–Crippen LogP) is 4.26. The van der Waals surface area contributed by atoms with Gasteiger partial charge in [0.05, 0.1) is 6.04 Å². The first-order valence-electron chi connectivity index (χ1n) is 10.8. The molecule has 1 fully saturated rings. The number of carbonyl (C=O) groups excluding carboxylic acids is 1. The first-order chi connectivity index (χ1) is 13.1. The minimum absolute atomic E-state index is 0.161. The molecule has 3 N–H and O–H groups in total. The van der Waals surface area contributed by atoms with E-state index in [-0.39, 0.29) is 23.1 Å². The Morgan fingerprint density at radius 3 is 2.50 bits per heavy atom. The third-order valence-electron chi connectivity index (χ3n) is 6.71. The molecule has 0 aliphatic heterocycles. The van der Waals surface area contributed by atoms with Gasteiger partial charge in [0, 0.05) is 18.8 Å². The Hall–Kier alpha value is -1.62. The molecule has 1 heterocycles. The van der Waals surface area contributed by atoms with E-state index < -0.39 is 5.54 Å². The number of hydrogen-bond acceptors (Lipinski definition) is 3. The lowest BCUT2D eigenvalue weighted by Gasteiger charge is -2.40. The Bertz CT molecular complexity index is 727. The normalized spacial score (nSPS) is 27.5. The summed E-state index contributed by atoms with van der Waals surface area (Å²) < 4.78 is 1.67. The number of rotatable bonds is 5. The van der Waals surface area contributed by atoms with Crippen molar-refractivity contribution in [1.82, 2.24) is 9.88 Å². The van der Waals surface area contributed by atoms with Crippen molar-refractivity contribution in [3.63, 3.8) is 0 Å². The molecule has 158 valence electrons. The van der Waals surface area contributed by atoms with Crippen molar-refractivity contribution >= 4 is 5.91 Å². The van der Waals surface area contributed by atoms with E-state index in [2.05, 4.69) is 26.1 Å². The number of amides is 1. The summed E-state index contributed by atoms with van der Waals surface area (Å²) in [4.78, 5) is 25.0. The van der Waals surface area contributed by atoms with Crippen LogP contribution in [0.5, 0.6) is 0 Å². The van der Waals surface area contributed by atoms with Crippen molar-refractivity contribution in [1.29, 1.82) is 0 Å². The second kappa shape index (κ2) is 9.25. The van der Waals surface area contributed by atoms with Gasteiger partial charge in [-0.2, -0.15) is 0 Å². The van der Waals surface area contributed by atoms with Gasteiger partial charge in [-0.3, -0.25) is 9.59 Å². The summed E-state index contributed by atoms with van der Waals surface area (Å²) in [5.74, 6) is 0.318. The van der Waals surface area contributed by atoms with Crippen molar-refractivity contribution in [2.45, 2.75) is 90.6 Å². The molecule has 3 unspecified atom stereocenters. The molecule has 2 rings (SSSR count). The van der Waals surface area contributed by atoms with Crippen LogP contribution in [0.2, 0.25) is 0 Å². The molecule has 5 heteroatoms. The fourth-order valence-electron chi connectivity index (χ4n) is 4.97. The fraction of sp³-hybridized carbons (Fsp3) is 0.739. The predicted molar refractivity (Wildman–Crippen MR) is 116 cm³/mol. The van der Waals surface area contributed by atoms with E-state index in [1.807, 2.05) is 6.92 Å². The van der Waals surface area contributed by atoms with Gasteiger partial charge in [0.25, 0.3) is 11.5 Å². The highest BCUT2D eigenvalue weighted by Crippen LogP contribution is 2.42. The SMILES string of the molecule is CNC(=O)c1cccn(C(C)C2(N)CCCCCC(C)(CC(C)C)CC2)c1=O. The molecular formula is C23H39N3O2. The molecule has 1 amide bonds. The quantitative estimate of drug-likeness (QED) is 0.790. The molecule has 1 aliphatic carbocycles. The molecule has 1 saturated carbocycles. The number of aromatic nitrogens is 1. The zero-order valence-corrected chi connectivity index (χ0v) is 18.4. The van der Waals surface area contributed by atoms with Gasteiger partial charge in [-0.1, -0.05) is 40.0 Å². The van der Waals surface area contributed by atoms with Gasteiger partial charge in [0.2, 0.25) is 0 Å². The Balaban J connectivity index is 2.33. The third-order valence-corrected chi connectivity index (χ3v) is 6.71. The summed E-state index contributed by atoms with van der Waals surface area (Å²) in [6.07, 6.45) is 10.6. The summed E-state index contributed by atoms with van der Waals surface area (Å²) >= 11 is 0. The Labute approximate surface area is 170 Å². The Morgan fingerprint density at radius 1 is 1.18 bits per heavy atom. The molecule has 0 radical (unpaired) electrons. The number of nitrogens with zero attached hydrogens (tertiary/aromatic N) is 1. The second-order valence-corrected chi connectivity index (χ2v) is 9.59. The maximum absolute atomic E-state index is 12.9. The van der Waals surface area contributed by atoms with E-state index >= 15 is 0 Å². The summed E-state index contributed by atoms with van der Waals surface area (Å²) in [7, 11) is 1.54. The van der Waals surface area contributed by atoms with Crippen LogP contribution in [0.1, 0.15) is 95.5 Å². The zero-order valence-electron chi connectivity index (χ0n) is 18.4. The number of pyridine rings is 1. The maximum Gasteiger partial charge on any atom is 0.263 e. The standard InChI is InChI=1S/C23H39N3O2/c1-17(2)16-22(4)11-7-6-8-12-23(24,14-13-22)18(3)26-15-9-10-19(21(26)28)20(27)25-5/h9-10,15,17-18H,6-8,11-14,16,24H2,1-5H3,(H,25,27). The van der Waals surface area contributed by atoms with Gasteiger partial charge in [-0.05, 0) is 62.5 Å². The minimum atomic E-state index is -0.451. The highest BCUT2D eigenvalue weighted by molar-refractivity contribution is 5.93. The van der Waals surface area contributed by atoms with Gasteiger partial charge >= 0.3 is 0 Å². The Kier molecular flexibility index (Phi) is 7.49. The van der Waals surface area contributed by atoms with E-state index in [1.54, 1.807) is 29.9 Å². The molecule has 0 saturated heterocycles. The average Bonchev–Trinajstić information content (AvgIpc) is 2.71. The topological polar surface area (TPSA) is 77.1 Å². The number of nitrogens with one attached hydrogen (secondary N) is 1. The molecular weight excluding hydrogens is 350 g/mol. The molecule has 5 nitrogen and oxygen atoms in total. The lowest BCUT2D eigenvalue weighted by molar-refractivity contribution is 0.0960. The first-order valence-corrected chi connectivity index (χ1v) is 10.8. The van der Waals surface area contributed by atoms with Crippen molar-refractivity contribution in [3.8, 4) is 0 Å². The van der Waals surface area contributed by atoms with E-state index in [0.717, 1.165) is 25.7 Å². The van der Waals surface area contributed by atoms with Gasteiger partial charge in [0.1, 0.15) is 5.56 Å². The van der Waals surface area contributed by atoms with Crippen molar-refractivity contribution in [2.75, 3.05) is 7.05 Å². The average molecular weight is 390 g/mol. The van der Waals surface area contributed by atoms with Gasteiger partial charge < -0.3 is 15.6 Å². The first kappa shape index (κ1) is 22.7. The second-order valence-electron chi connectivity index (χ2n) is 9.59. The van der Waals surface area contributed by atoms with Gasteiger partial charge in [-0.25, -0.2) is 0 Å². The van der Waals surface area contributed by atoms with Crippen LogP contribution in [0, 0.1) is 11.3 Å². The van der Waals surface area contributed by atoms with E-state index in [4.69, 9.17) is 5.73 Å². The highest BCUT2D eigenvalue weighted by atomic mass is 16.2. The molecule has 0 aromatic carbocycles. The van der Waals surface area contributed by atoms with Crippen LogP contribution in [-0.4, -0.2) is 23.1 Å². The zero-order chi connectivity index (χ0) is 20.9. The molecule has 1 aromatic rings. The van der Waals surface area contributed by atoms with Crippen LogP contribution >= 0.6 is 0 Å². The molecule has 0 bridgehead atoms. The van der Waals surface area contributed by atoms with Crippen molar-refractivity contribution in [3.05, 3.63) is 34.2 Å². The summed E-state index contributed by atoms with van der Waals surface area (Å²) in [5, 5.41) is 2.55. The van der Waals surface area contributed by atoms with Crippen LogP contribution in [0.25, 0.3) is 0 Å². The summed E-state index contributed by atoms with van der Waals surface area (Å²) in [6, 6.07) is 3.19. The molecule has 0 spiro atoms. The Morgan fingerprint density at radius 2 is 1.86 bits per heavy atom. The third kappa shape index (κ3) is 5.25. The fourth-order valence-corrected chi connectivity index (χ4v) is 4.97. The van der Waals surface area contributed by atoms with Crippen LogP contribution < -0.4 is 16.6 Å². The molecule has 1 aromatic heterocycles. The summed E-state index contributed by atoms with van der Waals surface area (Å²) in [5.41, 5.74) is 6.76. The van der Waals surface area contributed by atoms with Gasteiger partial charge in [-0.15, -0.1) is 0 Å². The maximum atomic E-state index is 12.9. The minimum Gasteiger partial charge on any atom is -0.355 e.